The van der Waals surface area contributed by atoms with Crippen molar-refractivity contribution in [1.29, 1.82) is 0 Å². The topological polar surface area (TPSA) is 89.7 Å². The molecule has 0 saturated carbocycles. The van der Waals surface area contributed by atoms with Crippen LogP contribution in [0.2, 0.25) is 0 Å². The average Bonchev–Trinajstić information content (AvgIpc) is 3.30. The summed E-state index contributed by atoms with van der Waals surface area (Å²) < 4.78 is 53.1. The number of aromatic nitrogens is 2. The van der Waals surface area contributed by atoms with Crippen LogP contribution in [0, 0.1) is 0 Å². The third-order valence-electron chi connectivity index (χ3n) is 4.36. The summed E-state index contributed by atoms with van der Waals surface area (Å²) in [5, 5.41) is 9.29. The lowest BCUT2D eigenvalue weighted by molar-refractivity contribution is -0.157. The van der Waals surface area contributed by atoms with Gasteiger partial charge in [0.15, 0.2) is 11.5 Å². The number of carbonyl (C=O) groups excluding carboxylic acids is 1. The van der Waals surface area contributed by atoms with Crippen molar-refractivity contribution in [1.82, 2.24) is 15.1 Å². The SMILES string of the molecule is O=C(Nc1ccc2c(c1)OCO2)N1CCCC(c2nnc(C(F)(F)F)o2)C1. The van der Waals surface area contributed by atoms with Crippen molar-refractivity contribution < 1.29 is 31.9 Å². The monoisotopic (exact) mass is 384 g/mol. The normalized spacial score (nSPS) is 19.2. The molecule has 8 nitrogen and oxygen atoms in total. The van der Waals surface area contributed by atoms with E-state index in [4.69, 9.17) is 13.9 Å². The van der Waals surface area contributed by atoms with Gasteiger partial charge in [0.2, 0.25) is 12.7 Å². The summed E-state index contributed by atoms with van der Waals surface area (Å²) in [6, 6.07) is 4.65. The molecule has 2 aliphatic rings. The number of rotatable bonds is 2. The van der Waals surface area contributed by atoms with Crippen LogP contribution in [-0.4, -0.2) is 41.0 Å². The number of amides is 2. The van der Waals surface area contributed by atoms with Crippen LogP contribution in [0.4, 0.5) is 23.7 Å². The number of hydrogen-bond acceptors (Lipinski definition) is 6. The van der Waals surface area contributed by atoms with E-state index in [-0.39, 0.29) is 25.3 Å². The Hall–Kier alpha value is -2.98. The molecule has 1 atom stereocenters. The van der Waals surface area contributed by atoms with Gasteiger partial charge < -0.3 is 24.1 Å². The molecule has 1 unspecified atom stereocenters. The van der Waals surface area contributed by atoms with Gasteiger partial charge in [0.25, 0.3) is 0 Å². The summed E-state index contributed by atoms with van der Waals surface area (Å²) >= 11 is 0. The highest BCUT2D eigenvalue weighted by atomic mass is 19.4. The highest BCUT2D eigenvalue weighted by Gasteiger charge is 2.39. The number of carbonyl (C=O) groups is 1. The van der Waals surface area contributed by atoms with Gasteiger partial charge in [0.05, 0.1) is 5.92 Å². The summed E-state index contributed by atoms with van der Waals surface area (Å²) in [5.41, 5.74) is 0.531. The van der Waals surface area contributed by atoms with Crippen molar-refractivity contribution in [3.63, 3.8) is 0 Å². The third-order valence-corrected chi connectivity index (χ3v) is 4.36. The molecule has 27 heavy (non-hydrogen) atoms. The van der Waals surface area contributed by atoms with E-state index in [1.165, 1.54) is 4.90 Å². The minimum absolute atomic E-state index is 0.108. The minimum atomic E-state index is -4.68. The molecule has 144 valence electrons. The number of nitrogens with zero attached hydrogens (tertiary/aromatic N) is 3. The smallest absolute Gasteiger partial charge is 0.454 e. The quantitative estimate of drug-likeness (QED) is 0.855. The van der Waals surface area contributed by atoms with E-state index in [1.54, 1.807) is 18.2 Å². The zero-order chi connectivity index (χ0) is 19.0. The summed E-state index contributed by atoms with van der Waals surface area (Å²) in [6.07, 6.45) is -3.51. The van der Waals surface area contributed by atoms with Gasteiger partial charge in [-0.2, -0.15) is 13.2 Å². The highest BCUT2D eigenvalue weighted by molar-refractivity contribution is 5.89. The van der Waals surface area contributed by atoms with Crippen LogP contribution < -0.4 is 14.8 Å². The number of halogens is 3. The van der Waals surface area contributed by atoms with E-state index in [1.807, 2.05) is 0 Å². The summed E-state index contributed by atoms with van der Waals surface area (Å²) in [6.45, 7) is 0.799. The molecule has 1 saturated heterocycles. The number of alkyl halides is 3. The zero-order valence-electron chi connectivity index (χ0n) is 14.0. The molecule has 4 rings (SSSR count). The van der Waals surface area contributed by atoms with Gasteiger partial charge in [-0.25, -0.2) is 4.79 Å². The lowest BCUT2D eigenvalue weighted by Crippen LogP contribution is -2.41. The number of anilines is 1. The highest BCUT2D eigenvalue weighted by Crippen LogP contribution is 2.35. The van der Waals surface area contributed by atoms with E-state index in [0.29, 0.717) is 36.6 Å². The molecule has 3 heterocycles. The van der Waals surface area contributed by atoms with E-state index in [2.05, 4.69) is 15.5 Å². The second kappa shape index (κ2) is 6.63. The van der Waals surface area contributed by atoms with Crippen molar-refractivity contribution in [2.24, 2.45) is 0 Å². The Labute approximate surface area is 151 Å². The van der Waals surface area contributed by atoms with E-state index < -0.39 is 18.0 Å². The molecule has 2 aliphatic heterocycles. The zero-order valence-corrected chi connectivity index (χ0v) is 14.0. The minimum Gasteiger partial charge on any atom is -0.454 e. The Morgan fingerprint density at radius 3 is 2.81 bits per heavy atom. The van der Waals surface area contributed by atoms with Crippen LogP contribution in [0.1, 0.15) is 30.5 Å². The van der Waals surface area contributed by atoms with Gasteiger partial charge >= 0.3 is 18.1 Å². The number of ether oxygens (including phenoxy) is 2. The second-order valence-corrected chi connectivity index (χ2v) is 6.23. The van der Waals surface area contributed by atoms with Gasteiger partial charge in [-0.05, 0) is 25.0 Å². The average molecular weight is 384 g/mol. The van der Waals surface area contributed by atoms with Crippen LogP contribution in [0.25, 0.3) is 0 Å². The number of hydrogen-bond donors (Lipinski definition) is 1. The molecule has 2 amide bonds. The molecule has 2 aromatic rings. The first kappa shape index (κ1) is 17.4. The lowest BCUT2D eigenvalue weighted by atomic mass is 9.98. The maximum Gasteiger partial charge on any atom is 0.470 e. The number of benzene rings is 1. The maximum absolute atomic E-state index is 12.6. The van der Waals surface area contributed by atoms with Gasteiger partial charge in [-0.3, -0.25) is 0 Å². The van der Waals surface area contributed by atoms with E-state index in [9.17, 15) is 18.0 Å². The number of urea groups is 1. The van der Waals surface area contributed by atoms with Crippen molar-refractivity contribution >= 4 is 11.7 Å². The van der Waals surface area contributed by atoms with Gasteiger partial charge in [0.1, 0.15) is 0 Å². The second-order valence-electron chi connectivity index (χ2n) is 6.23. The third kappa shape index (κ3) is 3.62. The molecule has 0 radical (unpaired) electrons. The Morgan fingerprint density at radius 2 is 2.04 bits per heavy atom. The Bertz CT molecular complexity index is 854. The molecule has 11 heteroatoms. The number of nitrogens with one attached hydrogen (secondary N) is 1. The fourth-order valence-corrected chi connectivity index (χ4v) is 3.05. The molecule has 1 aromatic carbocycles. The molecule has 0 spiro atoms. The first-order valence-electron chi connectivity index (χ1n) is 8.26. The molecular weight excluding hydrogens is 369 g/mol. The van der Waals surface area contributed by atoms with Crippen molar-refractivity contribution in [3.05, 3.63) is 30.0 Å². The van der Waals surface area contributed by atoms with Crippen LogP contribution in [0.3, 0.4) is 0 Å². The molecular formula is C16H15F3N4O4. The van der Waals surface area contributed by atoms with Crippen LogP contribution in [0.15, 0.2) is 22.6 Å². The van der Waals surface area contributed by atoms with Crippen LogP contribution in [0.5, 0.6) is 11.5 Å². The maximum atomic E-state index is 12.6. The largest absolute Gasteiger partial charge is 0.470 e. The molecule has 1 fully saturated rings. The van der Waals surface area contributed by atoms with Crippen LogP contribution >= 0.6 is 0 Å². The molecule has 0 aliphatic carbocycles. The number of likely N-dealkylation sites (tertiary alicyclic amines) is 1. The van der Waals surface area contributed by atoms with Gasteiger partial charge in [-0.1, -0.05) is 0 Å². The summed E-state index contributed by atoms with van der Waals surface area (Å²) in [4.78, 5) is 14.0. The Morgan fingerprint density at radius 1 is 1.22 bits per heavy atom. The van der Waals surface area contributed by atoms with Gasteiger partial charge in [-0.15, -0.1) is 10.2 Å². The predicted molar refractivity (Wildman–Crippen MR) is 84.4 cm³/mol. The number of piperidine rings is 1. The molecule has 1 N–H and O–H groups in total. The fraction of sp³-hybridized carbons (Fsp3) is 0.438. The van der Waals surface area contributed by atoms with Crippen LogP contribution in [-0.2, 0) is 6.18 Å². The Kier molecular flexibility index (Phi) is 4.28. The summed E-state index contributed by atoms with van der Waals surface area (Å²) in [5.74, 6) is -0.787. The van der Waals surface area contributed by atoms with Crippen molar-refractivity contribution in [2.45, 2.75) is 24.9 Å². The van der Waals surface area contributed by atoms with Crippen molar-refractivity contribution in [3.8, 4) is 11.5 Å². The molecule has 1 aromatic heterocycles. The Balaban J connectivity index is 1.42. The first-order chi connectivity index (χ1) is 12.9. The van der Waals surface area contributed by atoms with E-state index in [0.717, 1.165) is 0 Å². The standard InChI is InChI=1S/C16H15F3N4O4/c17-16(18,19)14-22-21-13(27-14)9-2-1-5-23(7-9)15(24)20-10-3-4-11-12(6-10)26-8-25-11/h3-4,6,9H,1-2,5,7-8H2,(H,20,24). The molecule has 0 bridgehead atoms. The number of fused-ring (bicyclic) bond motifs is 1. The lowest BCUT2D eigenvalue weighted by Gasteiger charge is -2.31. The van der Waals surface area contributed by atoms with Crippen molar-refractivity contribution in [2.75, 3.05) is 25.2 Å². The first-order valence-corrected chi connectivity index (χ1v) is 8.26. The van der Waals surface area contributed by atoms with Gasteiger partial charge in [0, 0.05) is 24.8 Å². The predicted octanol–water partition coefficient (Wildman–Crippen LogP) is 3.23. The fourth-order valence-electron chi connectivity index (χ4n) is 3.05. The van der Waals surface area contributed by atoms with E-state index >= 15 is 0 Å². The summed E-state index contributed by atoms with van der Waals surface area (Å²) in [7, 11) is 0.